The van der Waals surface area contributed by atoms with Crippen molar-refractivity contribution < 1.29 is 9.59 Å². The number of hydrogen-bond acceptors (Lipinski definition) is 3. The smallest absolute Gasteiger partial charge is 0.259 e. The second-order valence-corrected chi connectivity index (χ2v) is 10.7. The van der Waals surface area contributed by atoms with Gasteiger partial charge in [-0.15, -0.1) is 0 Å². The molecule has 1 aliphatic rings. The number of amides is 2. The largest absolute Gasteiger partial charge is 0.350 e. The number of carbonyl (C=O) groups excluding carboxylic acids is 2. The summed E-state index contributed by atoms with van der Waals surface area (Å²) in [5, 5.41) is 3.72. The summed E-state index contributed by atoms with van der Waals surface area (Å²) in [7, 11) is 0. The van der Waals surface area contributed by atoms with Crippen molar-refractivity contribution in [2.75, 3.05) is 4.90 Å². The Morgan fingerprint density at radius 1 is 0.919 bits per heavy atom. The number of nitrogens with zero attached hydrogens (tertiary/aromatic N) is 1. The number of fused-ring (bicyclic) bond motifs is 2. The molecule has 1 atom stereocenters. The summed E-state index contributed by atoms with van der Waals surface area (Å²) in [5.74, 6) is -0.268. The first-order valence-corrected chi connectivity index (χ1v) is 13.5. The van der Waals surface area contributed by atoms with Gasteiger partial charge in [-0.1, -0.05) is 84.0 Å². The maximum atomic E-state index is 13.8. The number of hydrogen-bond donors (Lipinski definition) is 1. The second kappa shape index (κ2) is 11.2. The van der Waals surface area contributed by atoms with Crippen LogP contribution in [0.3, 0.4) is 0 Å². The van der Waals surface area contributed by atoms with Crippen LogP contribution in [-0.4, -0.2) is 17.9 Å². The quantitative estimate of drug-likeness (QED) is 0.273. The summed E-state index contributed by atoms with van der Waals surface area (Å²) < 4.78 is 0. The molecular formula is C31H27ClN2O2S. The van der Waals surface area contributed by atoms with Crippen LogP contribution in [0.5, 0.6) is 0 Å². The van der Waals surface area contributed by atoms with Gasteiger partial charge in [-0.3, -0.25) is 9.59 Å². The molecule has 0 unspecified atom stereocenters. The highest BCUT2D eigenvalue weighted by molar-refractivity contribution is 7.99. The fraction of sp³-hybridized carbons (Fsp3) is 0.161. The van der Waals surface area contributed by atoms with Crippen LogP contribution in [0.1, 0.15) is 45.2 Å². The summed E-state index contributed by atoms with van der Waals surface area (Å²) in [6.07, 6.45) is 1.73. The SMILES string of the molecule is C[C@@H](CCc1ccccc1)NC(=O)c1ccc2c(c1)N(Cc1ccccc1Cl)C(=O)c1ccccc1S2. The zero-order valence-electron chi connectivity index (χ0n) is 20.5. The molecular weight excluding hydrogens is 500 g/mol. The Morgan fingerprint density at radius 3 is 2.46 bits per heavy atom. The molecule has 4 nitrogen and oxygen atoms in total. The Balaban J connectivity index is 1.42. The molecule has 37 heavy (non-hydrogen) atoms. The molecule has 4 aromatic rings. The number of carbonyl (C=O) groups is 2. The third-order valence-corrected chi connectivity index (χ3v) is 7.98. The standard InChI is InChI=1S/C31H27ClN2O2S/c1-21(15-16-22-9-3-2-4-10-22)33-30(35)23-17-18-29-27(19-23)34(20-24-11-5-7-13-26(24)32)31(36)25-12-6-8-14-28(25)37-29/h2-14,17-19,21H,15-16,20H2,1H3,(H,33,35)/t21-/m0/s1. The third-order valence-electron chi connectivity index (χ3n) is 6.47. The normalized spacial score (nSPS) is 13.4. The summed E-state index contributed by atoms with van der Waals surface area (Å²) in [5.41, 5.74) is 3.96. The molecule has 0 saturated heterocycles. The van der Waals surface area contributed by atoms with Gasteiger partial charge in [-0.2, -0.15) is 0 Å². The van der Waals surface area contributed by atoms with E-state index in [2.05, 4.69) is 17.4 Å². The van der Waals surface area contributed by atoms with Crippen molar-refractivity contribution >= 4 is 40.9 Å². The van der Waals surface area contributed by atoms with E-state index in [4.69, 9.17) is 11.6 Å². The molecule has 4 aromatic carbocycles. The predicted octanol–water partition coefficient (Wildman–Crippen LogP) is 7.40. The van der Waals surface area contributed by atoms with Crippen LogP contribution in [0.15, 0.2) is 107 Å². The molecule has 1 N–H and O–H groups in total. The Labute approximate surface area is 226 Å². The lowest BCUT2D eigenvalue weighted by molar-refractivity contribution is 0.0935. The Hall–Kier alpha value is -3.54. The van der Waals surface area contributed by atoms with Crippen LogP contribution in [-0.2, 0) is 13.0 Å². The average Bonchev–Trinajstić information content (AvgIpc) is 3.03. The minimum absolute atomic E-state index is 0.00556. The van der Waals surface area contributed by atoms with E-state index in [0.29, 0.717) is 28.4 Å². The fourth-order valence-electron chi connectivity index (χ4n) is 4.42. The zero-order chi connectivity index (χ0) is 25.8. The highest BCUT2D eigenvalue weighted by Crippen LogP contribution is 2.42. The van der Waals surface area contributed by atoms with Crippen LogP contribution in [0.4, 0.5) is 5.69 Å². The monoisotopic (exact) mass is 526 g/mol. The highest BCUT2D eigenvalue weighted by Gasteiger charge is 2.28. The summed E-state index contributed by atoms with van der Waals surface area (Å²) >= 11 is 8.00. The zero-order valence-corrected chi connectivity index (χ0v) is 22.1. The van der Waals surface area contributed by atoms with Gasteiger partial charge in [0.05, 0.1) is 17.8 Å². The molecule has 5 rings (SSSR count). The van der Waals surface area contributed by atoms with E-state index in [1.165, 1.54) is 17.3 Å². The molecule has 0 radical (unpaired) electrons. The summed E-state index contributed by atoms with van der Waals surface area (Å²) in [6.45, 7) is 2.32. The Bertz CT molecular complexity index is 1440. The lowest BCUT2D eigenvalue weighted by Crippen LogP contribution is -2.33. The molecule has 1 heterocycles. The van der Waals surface area contributed by atoms with Gasteiger partial charge >= 0.3 is 0 Å². The molecule has 0 bridgehead atoms. The molecule has 6 heteroatoms. The molecule has 186 valence electrons. The molecule has 1 aliphatic heterocycles. The van der Waals surface area contributed by atoms with Crippen LogP contribution in [0.25, 0.3) is 0 Å². The van der Waals surface area contributed by atoms with Crippen molar-refractivity contribution in [2.45, 2.75) is 42.1 Å². The molecule has 2 amide bonds. The van der Waals surface area contributed by atoms with Crippen LogP contribution in [0.2, 0.25) is 5.02 Å². The van der Waals surface area contributed by atoms with Gasteiger partial charge in [0.25, 0.3) is 11.8 Å². The summed E-state index contributed by atoms with van der Waals surface area (Å²) in [4.78, 5) is 30.5. The van der Waals surface area contributed by atoms with Gasteiger partial charge in [-0.25, -0.2) is 0 Å². The number of benzene rings is 4. The van der Waals surface area contributed by atoms with Gasteiger partial charge in [0, 0.05) is 26.4 Å². The maximum absolute atomic E-state index is 13.8. The first-order valence-electron chi connectivity index (χ1n) is 12.3. The molecule has 0 spiro atoms. The number of nitrogens with one attached hydrogen (secondary N) is 1. The van der Waals surface area contributed by atoms with Crippen LogP contribution in [0, 0.1) is 0 Å². The number of anilines is 1. The van der Waals surface area contributed by atoms with E-state index < -0.39 is 0 Å². The van der Waals surface area contributed by atoms with Crippen molar-refractivity contribution in [3.8, 4) is 0 Å². The lowest BCUT2D eigenvalue weighted by atomic mass is 10.1. The first kappa shape index (κ1) is 25.1. The van der Waals surface area contributed by atoms with Gasteiger partial charge in [-0.05, 0) is 67.3 Å². The van der Waals surface area contributed by atoms with Crippen molar-refractivity contribution in [1.29, 1.82) is 0 Å². The van der Waals surface area contributed by atoms with E-state index in [9.17, 15) is 9.59 Å². The van der Waals surface area contributed by atoms with Crippen LogP contribution >= 0.6 is 23.4 Å². The van der Waals surface area contributed by atoms with Gasteiger partial charge in [0.2, 0.25) is 0 Å². The van der Waals surface area contributed by atoms with E-state index in [-0.39, 0.29) is 17.9 Å². The van der Waals surface area contributed by atoms with Gasteiger partial charge in [0.15, 0.2) is 0 Å². The molecule has 0 aliphatic carbocycles. The van der Waals surface area contributed by atoms with E-state index in [1.807, 2.05) is 91.9 Å². The summed E-state index contributed by atoms with van der Waals surface area (Å²) in [6, 6.07) is 31.0. The van der Waals surface area contributed by atoms with Gasteiger partial charge < -0.3 is 10.2 Å². The molecule has 0 saturated carbocycles. The lowest BCUT2D eigenvalue weighted by Gasteiger charge is -2.24. The minimum Gasteiger partial charge on any atom is -0.350 e. The Morgan fingerprint density at radius 2 is 1.65 bits per heavy atom. The fourth-order valence-corrected chi connectivity index (χ4v) is 5.68. The second-order valence-electron chi connectivity index (χ2n) is 9.16. The maximum Gasteiger partial charge on any atom is 0.259 e. The predicted molar refractivity (Wildman–Crippen MR) is 151 cm³/mol. The number of halogens is 1. The van der Waals surface area contributed by atoms with E-state index in [1.54, 1.807) is 4.90 Å². The average molecular weight is 527 g/mol. The first-order chi connectivity index (χ1) is 18.0. The highest BCUT2D eigenvalue weighted by atomic mass is 35.5. The van der Waals surface area contributed by atoms with E-state index >= 15 is 0 Å². The third kappa shape index (κ3) is 5.74. The molecule has 0 aromatic heterocycles. The Kier molecular flexibility index (Phi) is 7.63. The van der Waals surface area contributed by atoms with Crippen molar-refractivity contribution in [3.05, 3.63) is 124 Å². The van der Waals surface area contributed by atoms with E-state index in [0.717, 1.165) is 28.2 Å². The number of aryl methyl sites for hydroxylation is 1. The van der Waals surface area contributed by atoms with Gasteiger partial charge in [0.1, 0.15) is 0 Å². The number of rotatable bonds is 7. The van der Waals surface area contributed by atoms with Crippen molar-refractivity contribution in [3.63, 3.8) is 0 Å². The van der Waals surface area contributed by atoms with Crippen molar-refractivity contribution in [2.24, 2.45) is 0 Å². The van der Waals surface area contributed by atoms with Crippen LogP contribution < -0.4 is 10.2 Å². The minimum atomic E-state index is -0.153. The topological polar surface area (TPSA) is 49.4 Å². The molecule has 0 fully saturated rings. The van der Waals surface area contributed by atoms with Crippen molar-refractivity contribution in [1.82, 2.24) is 5.32 Å².